The molecule has 0 aliphatic carbocycles. The van der Waals surface area contributed by atoms with Gasteiger partial charge in [0, 0.05) is 30.9 Å². The number of fused-ring (bicyclic) bond motifs is 1. The van der Waals surface area contributed by atoms with E-state index in [4.69, 9.17) is 5.26 Å². The van der Waals surface area contributed by atoms with Crippen molar-refractivity contribution in [2.75, 3.05) is 6.54 Å². The number of rotatable bonds is 3. The normalized spacial score (nSPS) is 16.2. The molecule has 124 valence electrons. The van der Waals surface area contributed by atoms with E-state index in [2.05, 4.69) is 21.5 Å². The van der Waals surface area contributed by atoms with Crippen LogP contribution in [0.2, 0.25) is 0 Å². The monoisotopic (exact) mass is 331 g/mol. The number of aromatic amines is 1. The molecule has 0 spiro atoms. The Hall–Kier alpha value is -3.17. The number of H-pyrrole nitrogens is 1. The summed E-state index contributed by atoms with van der Waals surface area (Å²) in [6.07, 6.45) is 3.16. The van der Waals surface area contributed by atoms with Crippen LogP contribution in [0, 0.1) is 11.3 Å². The van der Waals surface area contributed by atoms with Crippen molar-refractivity contribution in [1.29, 1.82) is 5.26 Å². The van der Waals surface area contributed by atoms with Gasteiger partial charge in [0.2, 0.25) is 0 Å². The van der Waals surface area contributed by atoms with Gasteiger partial charge in [-0.15, -0.1) is 0 Å². The number of nitrogens with one attached hydrogen (secondary N) is 2. The Kier molecular flexibility index (Phi) is 3.92. The van der Waals surface area contributed by atoms with Crippen LogP contribution in [0.25, 0.3) is 5.82 Å². The SMILES string of the molecule is N#Cc1ccc(CC2NCCc3[nH]n(-c4ccccn4)c(=O)c32)cc1. The Bertz CT molecular complexity index is 979. The minimum Gasteiger partial charge on any atom is -0.309 e. The highest BCUT2D eigenvalue weighted by atomic mass is 16.1. The van der Waals surface area contributed by atoms with Crippen LogP contribution in [-0.4, -0.2) is 21.3 Å². The van der Waals surface area contributed by atoms with Crippen molar-refractivity contribution in [2.24, 2.45) is 0 Å². The maximum absolute atomic E-state index is 12.9. The van der Waals surface area contributed by atoms with Gasteiger partial charge in [0.05, 0.1) is 17.2 Å². The summed E-state index contributed by atoms with van der Waals surface area (Å²) in [5.74, 6) is 0.596. The van der Waals surface area contributed by atoms with E-state index in [-0.39, 0.29) is 11.6 Å². The van der Waals surface area contributed by atoms with Crippen molar-refractivity contribution < 1.29 is 0 Å². The zero-order chi connectivity index (χ0) is 17.2. The zero-order valence-corrected chi connectivity index (χ0v) is 13.6. The predicted octanol–water partition coefficient (Wildman–Crippen LogP) is 1.86. The summed E-state index contributed by atoms with van der Waals surface area (Å²) in [6, 6.07) is 15.1. The number of hydrogen-bond acceptors (Lipinski definition) is 4. The summed E-state index contributed by atoms with van der Waals surface area (Å²) in [6.45, 7) is 0.816. The summed E-state index contributed by atoms with van der Waals surface area (Å²) in [5, 5.41) is 15.6. The van der Waals surface area contributed by atoms with Crippen LogP contribution in [0.15, 0.2) is 53.5 Å². The van der Waals surface area contributed by atoms with Gasteiger partial charge in [-0.05, 0) is 36.2 Å². The Balaban J connectivity index is 1.69. The Morgan fingerprint density at radius 3 is 2.80 bits per heavy atom. The molecular weight excluding hydrogens is 314 g/mol. The third-order valence-electron chi connectivity index (χ3n) is 4.52. The molecule has 1 unspecified atom stereocenters. The number of pyridine rings is 1. The molecule has 25 heavy (non-hydrogen) atoms. The van der Waals surface area contributed by atoms with Crippen molar-refractivity contribution in [1.82, 2.24) is 20.1 Å². The maximum atomic E-state index is 12.9. The summed E-state index contributed by atoms with van der Waals surface area (Å²) >= 11 is 0. The fraction of sp³-hybridized carbons (Fsp3) is 0.211. The quantitative estimate of drug-likeness (QED) is 0.767. The van der Waals surface area contributed by atoms with Gasteiger partial charge in [-0.25, -0.2) is 9.67 Å². The standard InChI is InChI=1S/C19H17N5O/c20-12-14-6-4-13(5-7-14)11-16-18-15(8-10-21-16)23-24(19(18)25)17-3-1-2-9-22-17/h1-7,9,16,21,23H,8,10-11H2. The highest BCUT2D eigenvalue weighted by Crippen LogP contribution is 2.23. The third-order valence-corrected chi connectivity index (χ3v) is 4.52. The minimum atomic E-state index is -0.0560. The lowest BCUT2D eigenvalue weighted by Crippen LogP contribution is -2.34. The topological polar surface area (TPSA) is 86.5 Å². The zero-order valence-electron chi connectivity index (χ0n) is 13.6. The largest absolute Gasteiger partial charge is 0.309 e. The van der Waals surface area contributed by atoms with E-state index in [1.807, 2.05) is 42.5 Å². The molecule has 1 atom stereocenters. The average molecular weight is 331 g/mol. The molecule has 0 saturated carbocycles. The van der Waals surface area contributed by atoms with Crippen molar-refractivity contribution in [3.63, 3.8) is 0 Å². The van der Waals surface area contributed by atoms with Gasteiger partial charge in [0.25, 0.3) is 5.56 Å². The lowest BCUT2D eigenvalue weighted by molar-refractivity contribution is 0.498. The second-order valence-electron chi connectivity index (χ2n) is 6.10. The van der Waals surface area contributed by atoms with Crippen LogP contribution in [-0.2, 0) is 12.8 Å². The fourth-order valence-corrected chi connectivity index (χ4v) is 3.29. The molecule has 6 nitrogen and oxygen atoms in total. The maximum Gasteiger partial charge on any atom is 0.277 e. The predicted molar refractivity (Wildman–Crippen MR) is 93.5 cm³/mol. The lowest BCUT2D eigenvalue weighted by atomic mass is 9.95. The molecular formula is C19H17N5O. The summed E-state index contributed by atoms with van der Waals surface area (Å²) < 4.78 is 1.52. The number of benzene rings is 1. The Morgan fingerprint density at radius 1 is 1.24 bits per heavy atom. The van der Waals surface area contributed by atoms with Crippen LogP contribution >= 0.6 is 0 Å². The molecule has 0 radical (unpaired) electrons. The number of aromatic nitrogens is 3. The summed E-state index contributed by atoms with van der Waals surface area (Å²) in [7, 11) is 0. The van der Waals surface area contributed by atoms with E-state index < -0.39 is 0 Å². The van der Waals surface area contributed by atoms with Gasteiger partial charge in [0.1, 0.15) is 0 Å². The van der Waals surface area contributed by atoms with Gasteiger partial charge in [0.15, 0.2) is 5.82 Å². The van der Waals surface area contributed by atoms with Gasteiger partial charge < -0.3 is 5.32 Å². The molecule has 0 amide bonds. The molecule has 1 aliphatic heterocycles. The summed E-state index contributed by atoms with van der Waals surface area (Å²) in [4.78, 5) is 17.2. The number of nitrogens with zero attached hydrogens (tertiary/aromatic N) is 3. The molecule has 4 rings (SSSR count). The van der Waals surface area contributed by atoms with Crippen LogP contribution in [0.4, 0.5) is 0 Å². The molecule has 0 saturated heterocycles. The van der Waals surface area contributed by atoms with Gasteiger partial charge >= 0.3 is 0 Å². The van der Waals surface area contributed by atoms with E-state index >= 15 is 0 Å². The Labute approximate surface area is 144 Å². The van der Waals surface area contributed by atoms with Gasteiger partial charge in [-0.2, -0.15) is 5.26 Å². The molecule has 0 fully saturated rings. The van der Waals surface area contributed by atoms with Gasteiger partial charge in [-0.3, -0.25) is 9.89 Å². The lowest BCUT2D eigenvalue weighted by Gasteiger charge is -2.22. The molecule has 1 aliphatic rings. The molecule has 2 aromatic heterocycles. The van der Waals surface area contributed by atoms with E-state index in [1.165, 1.54) is 4.68 Å². The summed E-state index contributed by atoms with van der Waals surface area (Å²) in [5.41, 5.74) is 3.42. The first kappa shape index (κ1) is 15.4. The fourth-order valence-electron chi connectivity index (χ4n) is 3.29. The molecule has 3 heterocycles. The first-order valence-electron chi connectivity index (χ1n) is 8.24. The van der Waals surface area contributed by atoms with Crippen LogP contribution < -0.4 is 10.9 Å². The highest BCUT2D eigenvalue weighted by Gasteiger charge is 2.27. The van der Waals surface area contributed by atoms with Crippen molar-refractivity contribution in [2.45, 2.75) is 18.9 Å². The molecule has 3 aromatic rings. The van der Waals surface area contributed by atoms with Gasteiger partial charge in [-0.1, -0.05) is 18.2 Å². The second kappa shape index (κ2) is 6.38. The van der Waals surface area contributed by atoms with Crippen molar-refractivity contribution in [3.05, 3.63) is 81.4 Å². The first-order valence-corrected chi connectivity index (χ1v) is 8.24. The van der Waals surface area contributed by atoms with E-state index in [1.54, 1.807) is 6.20 Å². The first-order chi connectivity index (χ1) is 12.3. The number of hydrogen-bond donors (Lipinski definition) is 2. The number of nitriles is 1. The smallest absolute Gasteiger partial charge is 0.277 e. The van der Waals surface area contributed by atoms with Crippen molar-refractivity contribution in [3.8, 4) is 11.9 Å². The molecule has 2 N–H and O–H groups in total. The van der Waals surface area contributed by atoms with E-state index in [9.17, 15) is 4.79 Å². The molecule has 1 aromatic carbocycles. The van der Waals surface area contributed by atoms with E-state index in [0.717, 1.165) is 29.8 Å². The highest BCUT2D eigenvalue weighted by molar-refractivity contribution is 5.35. The molecule has 0 bridgehead atoms. The third kappa shape index (κ3) is 2.86. The van der Waals surface area contributed by atoms with Crippen LogP contribution in [0.1, 0.15) is 28.4 Å². The second-order valence-corrected chi connectivity index (χ2v) is 6.10. The minimum absolute atomic E-state index is 0.0506. The molecule has 6 heteroatoms. The van der Waals surface area contributed by atoms with E-state index in [0.29, 0.717) is 17.8 Å². The average Bonchev–Trinajstić information content (AvgIpc) is 3.01. The van der Waals surface area contributed by atoms with Crippen molar-refractivity contribution >= 4 is 0 Å². The Morgan fingerprint density at radius 2 is 2.08 bits per heavy atom. The van der Waals surface area contributed by atoms with Crippen LogP contribution in [0.5, 0.6) is 0 Å². The van der Waals surface area contributed by atoms with Crippen LogP contribution in [0.3, 0.4) is 0 Å².